The van der Waals surface area contributed by atoms with Crippen LogP contribution in [0.5, 0.6) is 0 Å². The molecule has 0 radical (unpaired) electrons. The molecule has 4 atom stereocenters. The van der Waals surface area contributed by atoms with Crippen molar-refractivity contribution in [3.8, 4) is 0 Å². The molecule has 100 valence electrons. The second-order valence-corrected chi connectivity index (χ2v) is 6.20. The van der Waals surface area contributed by atoms with Crippen LogP contribution in [-0.4, -0.2) is 25.3 Å². The van der Waals surface area contributed by atoms with Gasteiger partial charge < -0.3 is 10.1 Å². The molecule has 0 aromatic rings. The lowest BCUT2D eigenvalue weighted by molar-refractivity contribution is 0.000585. The molecule has 1 N–H and O–H groups in total. The average molecular weight is 239 g/mol. The van der Waals surface area contributed by atoms with Gasteiger partial charge in [0.05, 0.1) is 6.10 Å². The van der Waals surface area contributed by atoms with Crippen molar-refractivity contribution in [1.29, 1.82) is 0 Å². The van der Waals surface area contributed by atoms with Crippen molar-refractivity contribution in [1.82, 2.24) is 5.32 Å². The van der Waals surface area contributed by atoms with Gasteiger partial charge in [-0.15, -0.1) is 0 Å². The van der Waals surface area contributed by atoms with Gasteiger partial charge in [0.2, 0.25) is 0 Å². The van der Waals surface area contributed by atoms with Crippen LogP contribution in [0, 0.1) is 11.8 Å². The third-order valence-corrected chi connectivity index (χ3v) is 4.76. The number of hydrogen-bond donors (Lipinski definition) is 1. The molecule has 0 aromatic heterocycles. The van der Waals surface area contributed by atoms with E-state index in [-0.39, 0.29) is 0 Å². The summed E-state index contributed by atoms with van der Waals surface area (Å²) in [5.74, 6) is 1.75. The van der Waals surface area contributed by atoms with Gasteiger partial charge >= 0.3 is 0 Å². The minimum atomic E-state index is 0.553. The van der Waals surface area contributed by atoms with E-state index in [1.807, 2.05) is 0 Å². The van der Waals surface area contributed by atoms with Gasteiger partial charge in [0.25, 0.3) is 0 Å². The number of nitrogens with one attached hydrogen (secondary N) is 1. The first kappa shape index (κ1) is 13.4. The molecule has 2 heteroatoms. The molecule has 1 aliphatic carbocycles. The maximum absolute atomic E-state index is 6.03. The Labute approximate surface area is 107 Å². The monoisotopic (exact) mass is 239 g/mol. The second kappa shape index (κ2) is 6.75. The molecule has 2 aliphatic rings. The lowest BCUT2D eigenvalue weighted by atomic mass is 9.80. The third-order valence-electron chi connectivity index (χ3n) is 4.76. The lowest BCUT2D eigenvalue weighted by Gasteiger charge is -2.32. The summed E-state index contributed by atoms with van der Waals surface area (Å²) >= 11 is 0. The molecule has 2 fully saturated rings. The van der Waals surface area contributed by atoms with Gasteiger partial charge in [-0.25, -0.2) is 0 Å². The SMILES string of the molecule is CC1CCC(OCCCC2CCCN2)CC1C. The van der Waals surface area contributed by atoms with Crippen molar-refractivity contribution >= 4 is 0 Å². The predicted molar refractivity (Wildman–Crippen MR) is 72.2 cm³/mol. The summed E-state index contributed by atoms with van der Waals surface area (Å²) in [6, 6.07) is 0.781. The molecule has 4 unspecified atom stereocenters. The first-order chi connectivity index (χ1) is 8.25. The van der Waals surface area contributed by atoms with Gasteiger partial charge in [-0.2, -0.15) is 0 Å². The minimum Gasteiger partial charge on any atom is -0.378 e. The van der Waals surface area contributed by atoms with E-state index >= 15 is 0 Å². The summed E-state index contributed by atoms with van der Waals surface area (Å²) in [7, 11) is 0. The maximum atomic E-state index is 6.03. The van der Waals surface area contributed by atoms with Gasteiger partial charge in [0, 0.05) is 12.6 Å². The normalized spacial score (nSPS) is 38.5. The van der Waals surface area contributed by atoms with E-state index in [1.54, 1.807) is 0 Å². The summed E-state index contributed by atoms with van der Waals surface area (Å²) in [5.41, 5.74) is 0. The Morgan fingerprint density at radius 3 is 2.71 bits per heavy atom. The fraction of sp³-hybridized carbons (Fsp3) is 1.00. The molecule has 1 aliphatic heterocycles. The highest BCUT2D eigenvalue weighted by molar-refractivity contribution is 4.76. The zero-order chi connectivity index (χ0) is 12.1. The summed E-state index contributed by atoms with van der Waals surface area (Å²) in [5, 5.41) is 3.55. The Kier molecular flexibility index (Phi) is 5.30. The van der Waals surface area contributed by atoms with Crippen LogP contribution < -0.4 is 5.32 Å². The molecular formula is C15H29NO. The quantitative estimate of drug-likeness (QED) is 0.743. The Balaban J connectivity index is 1.53. The van der Waals surface area contributed by atoms with Gasteiger partial charge in [-0.3, -0.25) is 0 Å². The molecule has 0 aromatic carbocycles. The first-order valence-corrected chi connectivity index (χ1v) is 7.60. The average Bonchev–Trinajstić information content (AvgIpc) is 2.82. The Morgan fingerprint density at radius 2 is 2.00 bits per heavy atom. The van der Waals surface area contributed by atoms with Crippen molar-refractivity contribution in [2.45, 2.75) is 70.9 Å². The van der Waals surface area contributed by atoms with Crippen LogP contribution in [0.4, 0.5) is 0 Å². The van der Waals surface area contributed by atoms with Crippen LogP contribution in [0.2, 0.25) is 0 Å². The van der Waals surface area contributed by atoms with E-state index in [1.165, 1.54) is 51.5 Å². The van der Waals surface area contributed by atoms with Crippen LogP contribution in [0.1, 0.15) is 58.8 Å². The molecule has 1 heterocycles. The molecule has 17 heavy (non-hydrogen) atoms. The molecule has 2 rings (SSSR count). The fourth-order valence-electron chi connectivity index (χ4n) is 3.23. The Hall–Kier alpha value is -0.0800. The summed E-state index contributed by atoms with van der Waals surface area (Å²) in [6.07, 6.45) is 9.75. The second-order valence-electron chi connectivity index (χ2n) is 6.20. The molecule has 0 spiro atoms. The molecule has 1 saturated carbocycles. The van der Waals surface area contributed by atoms with Crippen molar-refractivity contribution in [2.75, 3.05) is 13.2 Å². The molecule has 0 bridgehead atoms. The van der Waals surface area contributed by atoms with Crippen molar-refractivity contribution in [2.24, 2.45) is 11.8 Å². The maximum Gasteiger partial charge on any atom is 0.0577 e. The highest BCUT2D eigenvalue weighted by atomic mass is 16.5. The summed E-state index contributed by atoms with van der Waals surface area (Å²) in [6.45, 7) is 6.96. The van der Waals surface area contributed by atoms with Crippen molar-refractivity contribution in [3.63, 3.8) is 0 Å². The van der Waals surface area contributed by atoms with E-state index in [2.05, 4.69) is 19.2 Å². The predicted octanol–water partition coefficient (Wildman–Crippen LogP) is 3.36. The van der Waals surface area contributed by atoms with Gasteiger partial charge in [0.1, 0.15) is 0 Å². The number of rotatable bonds is 5. The largest absolute Gasteiger partial charge is 0.378 e. The van der Waals surface area contributed by atoms with Crippen LogP contribution in [0.25, 0.3) is 0 Å². The van der Waals surface area contributed by atoms with E-state index in [4.69, 9.17) is 4.74 Å². The number of ether oxygens (including phenoxy) is 1. The Bertz CT molecular complexity index is 213. The Morgan fingerprint density at radius 1 is 1.12 bits per heavy atom. The van der Waals surface area contributed by atoms with Crippen molar-refractivity contribution < 1.29 is 4.74 Å². The highest BCUT2D eigenvalue weighted by Gasteiger charge is 2.24. The third kappa shape index (κ3) is 4.26. The molecule has 0 amide bonds. The molecule has 2 nitrogen and oxygen atoms in total. The van der Waals surface area contributed by atoms with Crippen molar-refractivity contribution in [3.05, 3.63) is 0 Å². The standard InChI is InChI=1S/C15H29NO/c1-12-7-8-15(11-13(12)2)17-10-4-6-14-5-3-9-16-14/h12-16H,3-11H2,1-2H3. The van der Waals surface area contributed by atoms with Crippen LogP contribution in [0.3, 0.4) is 0 Å². The van der Waals surface area contributed by atoms with Gasteiger partial charge in [-0.1, -0.05) is 13.8 Å². The lowest BCUT2D eigenvalue weighted by Crippen LogP contribution is -2.27. The van der Waals surface area contributed by atoms with Crippen LogP contribution >= 0.6 is 0 Å². The summed E-state index contributed by atoms with van der Waals surface area (Å²) < 4.78 is 6.03. The smallest absolute Gasteiger partial charge is 0.0577 e. The zero-order valence-corrected chi connectivity index (χ0v) is 11.6. The molecule has 1 saturated heterocycles. The fourth-order valence-corrected chi connectivity index (χ4v) is 3.23. The first-order valence-electron chi connectivity index (χ1n) is 7.60. The minimum absolute atomic E-state index is 0.553. The van der Waals surface area contributed by atoms with E-state index < -0.39 is 0 Å². The zero-order valence-electron chi connectivity index (χ0n) is 11.6. The van der Waals surface area contributed by atoms with Crippen LogP contribution in [0.15, 0.2) is 0 Å². The van der Waals surface area contributed by atoms with E-state index in [9.17, 15) is 0 Å². The summed E-state index contributed by atoms with van der Waals surface area (Å²) in [4.78, 5) is 0. The van der Waals surface area contributed by atoms with Gasteiger partial charge in [0.15, 0.2) is 0 Å². The van der Waals surface area contributed by atoms with E-state index in [0.29, 0.717) is 6.10 Å². The van der Waals surface area contributed by atoms with Crippen LogP contribution in [-0.2, 0) is 4.74 Å². The van der Waals surface area contributed by atoms with E-state index in [0.717, 1.165) is 24.5 Å². The topological polar surface area (TPSA) is 21.3 Å². The highest BCUT2D eigenvalue weighted by Crippen LogP contribution is 2.31. The van der Waals surface area contributed by atoms with Gasteiger partial charge in [-0.05, 0) is 63.3 Å². The number of hydrogen-bond acceptors (Lipinski definition) is 2. The molecular weight excluding hydrogens is 210 g/mol.